The molecule has 0 aromatic carbocycles. The molecule has 0 aliphatic heterocycles. The Morgan fingerprint density at radius 3 is 2.84 bits per heavy atom. The van der Waals surface area contributed by atoms with Crippen LogP contribution >= 0.6 is 11.3 Å². The highest BCUT2D eigenvalue weighted by Crippen LogP contribution is 2.40. The Kier molecular flexibility index (Phi) is 6.36. The second kappa shape index (κ2) is 9.02. The number of rotatable bonds is 8. The lowest BCUT2D eigenvalue weighted by Crippen LogP contribution is -2.43. The Labute approximate surface area is 186 Å². The second-order valence-electron chi connectivity index (χ2n) is 8.24. The van der Waals surface area contributed by atoms with Gasteiger partial charge in [-0.05, 0) is 45.6 Å². The van der Waals surface area contributed by atoms with Crippen LogP contribution in [0.3, 0.4) is 0 Å². The molecule has 166 valence electrons. The van der Waals surface area contributed by atoms with E-state index in [-0.39, 0.29) is 12.0 Å². The largest absolute Gasteiger partial charge is 0.388 e. The zero-order valence-corrected chi connectivity index (χ0v) is 19.3. The summed E-state index contributed by atoms with van der Waals surface area (Å²) in [5.74, 6) is 1.45. The molecule has 1 saturated carbocycles. The molecule has 3 atom stereocenters. The van der Waals surface area contributed by atoms with Crippen LogP contribution in [0.1, 0.15) is 39.3 Å². The van der Waals surface area contributed by atoms with Crippen LogP contribution < -0.4 is 10.6 Å². The van der Waals surface area contributed by atoms with Gasteiger partial charge < -0.3 is 20.5 Å². The van der Waals surface area contributed by atoms with Gasteiger partial charge in [0.15, 0.2) is 0 Å². The summed E-state index contributed by atoms with van der Waals surface area (Å²) in [5, 5.41) is 18.7. The highest BCUT2D eigenvalue weighted by atomic mass is 32.1. The molecule has 1 aliphatic carbocycles. The predicted octanol–water partition coefficient (Wildman–Crippen LogP) is 3.87. The number of aliphatic hydroxyl groups is 1. The summed E-state index contributed by atoms with van der Waals surface area (Å²) in [6.45, 7) is 9.82. The number of aryl methyl sites for hydroxylation is 1. The van der Waals surface area contributed by atoms with Crippen LogP contribution in [0, 0.1) is 12.8 Å². The molecule has 4 rings (SSSR count). The van der Waals surface area contributed by atoms with E-state index in [1.165, 1.54) is 0 Å². The minimum Gasteiger partial charge on any atom is -0.388 e. The summed E-state index contributed by atoms with van der Waals surface area (Å²) < 4.78 is 6.47. The lowest BCUT2D eigenvalue weighted by molar-refractivity contribution is 0.0195. The van der Waals surface area contributed by atoms with E-state index in [1.54, 1.807) is 23.7 Å². The van der Waals surface area contributed by atoms with E-state index < -0.39 is 5.60 Å². The molecule has 0 spiro atoms. The van der Waals surface area contributed by atoms with E-state index in [1.807, 2.05) is 26.8 Å². The second-order valence-corrected chi connectivity index (χ2v) is 9.27. The number of ether oxygens (including phenoxy) is 1. The zero-order valence-electron chi connectivity index (χ0n) is 18.5. The van der Waals surface area contributed by atoms with Crippen molar-refractivity contribution in [3.8, 4) is 10.6 Å². The van der Waals surface area contributed by atoms with Crippen LogP contribution in [-0.2, 0) is 4.74 Å². The number of pyridine rings is 1. The smallest absolute Gasteiger partial charge is 0.224 e. The molecule has 9 heteroatoms. The molecule has 0 bridgehead atoms. The Balaban J connectivity index is 1.72. The van der Waals surface area contributed by atoms with E-state index in [2.05, 4.69) is 27.5 Å². The maximum absolute atomic E-state index is 11.0. The van der Waals surface area contributed by atoms with E-state index in [4.69, 9.17) is 14.7 Å². The molecule has 3 aromatic rings. The fourth-order valence-corrected chi connectivity index (χ4v) is 5.04. The number of thiazole rings is 1. The molecule has 3 aromatic heterocycles. The molecule has 3 N–H and O–H groups in total. The number of aromatic nitrogens is 4. The van der Waals surface area contributed by atoms with Crippen molar-refractivity contribution in [3.63, 3.8) is 0 Å². The van der Waals surface area contributed by atoms with Crippen molar-refractivity contribution in [2.75, 3.05) is 30.4 Å². The lowest BCUT2D eigenvalue weighted by Gasteiger charge is -2.31. The van der Waals surface area contributed by atoms with E-state index >= 15 is 0 Å². The predicted molar refractivity (Wildman–Crippen MR) is 125 cm³/mol. The first-order valence-electron chi connectivity index (χ1n) is 10.8. The molecule has 3 heterocycles. The van der Waals surface area contributed by atoms with Crippen molar-refractivity contribution in [2.45, 2.75) is 52.2 Å². The third kappa shape index (κ3) is 4.49. The third-order valence-corrected chi connectivity index (χ3v) is 7.18. The van der Waals surface area contributed by atoms with Gasteiger partial charge in [0.05, 0.1) is 40.4 Å². The average molecular weight is 443 g/mol. The molecule has 0 amide bonds. The fraction of sp³-hybridized carbons (Fsp3) is 0.545. The fourth-order valence-electron chi connectivity index (χ4n) is 4.01. The van der Waals surface area contributed by atoms with Crippen molar-refractivity contribution in [1.82, 2.24) is 19.9 Å². The highest BCUT2D eigenvalue weighted by Gasteiger charge is 2.43. The van der Waals surface area contributed by atoms with E-state index in [0.29, 0.717) is 31.5 Å². The number of nitrogens with zero attached hydrogens (tertiary/aromatic N) is 4. The summed E-state index contributed by atoms with van der Waals surface area (Å²) in [6, 6.07) is 1.87. The summed E-state index contributed by atoms with van der Waals surface area (Å²) in [4.78, 5) is 18.4. The van der Waals surface area contributed by atoms with Crippen LogP contribution in [0.2, 0.25) is 0 Å². The van der Waals surface area contributed by atoms with Crippen molar-refractivity contribution in [1.29, 1.82) is 0 Å². The van der Waals surface area contributed by atoms with Crippen LogP contribution in [0.5, 0.6) is 0 Å². The molecule has 8 nitrogen and oxygen atoms in total. The van der Waals surface area contributed by atoms with Crippen molar-refractivity contribution in [3.05, 3.63) is 24.2 Å². The number of fused-ring (bicyclic) bond motifs is 1. The Hall–Kier alpha value is -2.36. The van der Waals surface area contributed by atoms with Gasteiger partial charge >= 0.3 is 0 Å². The summed E-state index contributed by atoms with van der Waals surface area (Å²) >= 11 is 1.59. The molecule has 0 radical (unpaired) electrons. The Morgan fingerprint density at radius 2 is 2.13 bits per heavy atom. The summed E-state index contributed by atoms with van der Waals surface area (Å²) in [7, 11) is 0. The first-order chi connectivity index (χ1) is 14.9. The molecule has 1 aliphatic rings. The van der Waals surface area contributed by atoms with Crippen molar-refractivity contribution >= 4 is 33.3 Å². The van der Waals surface area contributed by atoms with Crippen LogP contribution in [0.25, 0.3) is 20.8 Å². The minimum absolute atomic E-state index is 0.0946. The summed E-state index contributed by atoms with van der Waals surface area (Å²) in [6.07, 6.45) is 5.39. The average Bonchev–Trinajstić information content (AvgIpc) is 3.27. The molecule has 0 saturated heterocycles. The molecular formula is C22H30N6O2S. The van der Waals surface area contributed by atoms with Crippen LogP contribution in [0.15, 0.2) is 18.5 Å². The van der Waals surface area contributed by atoms with Gasteiger partial charge in [-0.2, -0.15) is 4.98 Å². The topological polar surface area (TPSA) is 105 Å². The van der Waals surface area contributed by atoms with Gasteiger partial charge in [0.2, 0.25) is 5.95 Å². The van der Waals surface area contributed by atoms with E-state index in [0.717, 1.165) is 39.3 Å². The molecular weight excluding hydrogens is 412 g/mol. The summed E-state index contributed by atoms with van der Waals surface area (Å²) in [5.41, 5.74) is 1.74. The molecule has 3 unspecified atom stereocenters. The van der Waals surface area contributed by atoms with Crippen molar-refractivity contribution < 1.29 is 9.84 Å². The number of anilines is 2. The van der Waals surface area contributed by atoms with Crippen LogP contribution in [-0.4, -0.2) is 56.4 Å². The number of hydrogen-bond donors (Lipinski definition) is 3. The van der Waals surface area contributed by atoms with Gasteiger partial charge in [0, 0.05) is 19.3 Å². The van der Waals surface area contributed by atoms with Gasteiger partial charge in [0.25, 0.3) is 0 Å². The standard InChI is InChI=1S/C22H30N6O2S/c1-5-30-11-10-24-21-25-14(3)18(20-26-15-12-23-9-8-16(15)31-20)19(28-21)27-17-7-6-13(2)22(17,4)29/h8-9,12-13,17,29H,5-7,10-11H2,1-4H3,(H2,24,25,27,28). The van der Waals surface area contributed by atoms with E-state index in [9.17, 15) is 5.11 Å². The van der Waals surface area contributed by atoms with Crippen molar-refractivity contribution in [2.24, 2.45) is 5.92 Å². The van der Waals surface area contributed by atoms with Gasteiger partial charge in [0.1, 0.15) is 16.3 Å². The molecule has 1 fully saturated rings. The SMILES string of the molecule is CCOCCNc1nc(C)c(-c2nc3cnccc3s2)c(NC2CCC(C)C2(C)O)n1. The Bertz CT molecular complexity index is 1020. The number of hydrogen-bond acceptors (Lipinski definition) is 9. The normalized spacial score (nSPS) is 23.4. The lowest BCUT2D eigenvalue weighted by atomic mass is 9.92. The van der Waals surface area contributed by atoms with Gasteiger partial charge in [-0.25, -0.2) is 9.97 Å². The van der Waals surface area contributed by atoms with Gasteiger partial charge in [-0.1, -0.05) is 6.92 Å². The zero-order chi connectivity index (χ0) is 22.0. The maximum atomic E-state index is 11.0. The highest BCUT2D eigenvalue weighted by molar-refractivity contribution is 7.21. The third-order valence-electron chi connectivity index (χ3n) is 6.13. The Morgan fingerprint density at radius 1 is 1.29 bits per heavy atom. The monoisotopic (exact) mass is 442 g/mol. The first-order valence-corrected chi connectivity index (χ1v) is 11.6. The quantitative estimate of drug-likeness (QED) is 0.452. The maximum Gasteiger partial charge on any atom is 0.224 e. The minimum atomic E-state index is -0.809. The first kappa shape index (κ1) is 21.9. The number of nitrogens with one attached hydrogen (secondary N) is 2. The van der Waals surface area contributed by atoms with Gasteiger partial charge in [-0.3, -0.25) is 4.98 Å². The van der Waals surface area contributed by atoms with Crippen LogP contribution in [0.4, 0.5) is 11.8 Å². The van der Waals surface area contributed by atoms with Gasteiger partial charge in [-0.15, -0.1) is 11.3 Å². The molecule has 31 heavy (non-hydrogen) atoms.